The molecule has 1 heterocycles. The van der Waals surface area contributed by atoms with Crippen molar-refractivity contribution in [2.45, 2.75) is 44.6 Å². The highest BCUT2D eigenvalue weighted by atomic mass is 16.5. The zero-order valence-corrected chi connectivity index (χ0v) is 14.9. The summed E-state index contributed by atoms with van der Waals surface area (Å²) in [4.78, 5) is 15.2. The van der Waals surface area contributed by atoms with Gasteiger partial charge in [0.1, 0.15) is 5.75 Å². The fourth-order valence-electron chi connectivity index (χ4n) is 3.21. The lowest BCUT2D eigenvalue weighted by molar-refractivity contribution is 0.415. The van der Waals surface area contributed by atoms with Crippen molar-refractivity contribution in [2.24, 2.45) is 0 Å². The van der Waals surface area contributed by atoms with Gasteiger partial charge < -0.3 is 20.7 Å². The molecule has 0 saturated heterocycles. The molecule has 3 N–H and O–H groups in total. The Labute approximate surface area is 148 Å². The number of ether oxygens (including phenoxy) is 1. The van der Waals surface area contributed by atoms with Crippen LogP contribution in [0.25, 0.3) is 0 Å². The lowest BCUT2D eigenvalue weighted by Gasteiger charge is -2.27. The number of rotatable bonds is 5. The highest BCUT2D eigenvalue weighted by Gasteiger charge is 2.20. The summed E-state index contributed by atoms with van der Waals surface area (Å²) in [6.07, 6.45) is 7.48. The van der Waals surface area contributed by atoms with Crippen molar-refractivity contribution in [1.82, 2.24) is 15.0 Å². The van der Waals surface area contributed by atoms with Crippen molar-refractivity contribution < 1.29 is 4.74 Å². The number of anilines is 4. The van der Waals surface area contributed by atoms with Crippen LogP contribution in [0.2, 0.25) is 0 Å². The van der Waals surface area contributed by atoms with Gasteiger partial charge in [-0.25, -0.2) is 0 Å². The Morgan fingerprint density at radius 2 is 1.72 bits per heavy atom. The molecule has 25 heavy (non-hydrogen) atoms. The van der Waals surface area contributed by atoms with Gasteiger partial charge in [-0.1, -0.05) is 25.7 Å². The summed E-state index contributed by atoms with van der Waals surface area (Å²) < 4.78 is 5.17. The van der Waals surface area contributed by atoms with E-state index in [1.807, 2.05) is 31.3 Å². The van der Waals surface area contributed by atoms with E-state index in [1.54, 1.807) is 7.11 Å². The predicted octanol–water partition coefficient (Wildman–Crippen LogP) is 3.37. The fraction of sp³-hybridized carbons (Fsp3) is 0.500. The Bertz CT molecular complexity index is 682. The van der Waals surface area contributed by atoms with Crippen molar-refractivity contribution in [3.63, 3.8) is 0 Å². The molecular formula is C18H26N6O. The maximum Gasteiger partial charge on any atom is 0.233 e. The molecule has 0 radical (unpaired) electrons. The Balaban J connectivity index is 1.76. The molecule has 0 spiro atoms. The maximum atomic E-state index is 5.91. The summed E-state index contributed by atoms with van der Waals surface area (Å²) in [5.74, 6) is 2.10. The van der Waals surface area contributed by atoms with E-state index < -0.39 is 0 Å². The van der Waals surface area contributed by atoms with Crippen molar-refractivity contribution in [1.29, 1.82) is 0 Å². The molecular weight excluding hydrogens is 316 g/mol. The number of aromatic nitrogens is 3. The summed E-state index contributed by atoms with van der Waals surface area (Å²) in [6.45, 7) is 0. The molecule has 1 fully saturated rings. The van der Waals surface area contributed by atoms with Crippen LogP contribution >= 0.6 is 0 Å². The number of methoxy groups -OCH3 is 1. The third-order valence-corrected chi connectivity index (χ3v) is 4.67. The van der Waals surface area contributed by atoms with E-state index in [0.29, 0.717) is 17.9 Å². The molecule has 0 atom stereocenters. The van der Waals surface area contributed by atoms with Gasteiger partial charge in [0, 0.05) is 18.8 Å². The second kappa shape index (κ2) is 8.00. The van der Waals surface area contributed by atoms with Crippen molar-refractivity contribution in [2.75, 3.05) is 30.1 Å². The monoisotopic (exact) mass is 342 g/mol. The minimum atomic E-state index is 0.224. The average molecular weight is 342 g/mol. The second-order valence-electron chi connectivity index (χ2n) is 6.43. The molecule has 1 aromatic heterocycles. The van der Waals surface area contributed by atoms with Gasteiger partial charge in [-0.3, -0.25) is 0 Å². The molecule has 2 aromatic rings. The standard InChI is InChI=1S/C18H26N6O/c1-24(14-7-5-3-4-6-8-14)18-22-16(19)21-17(23-18)20-13-9-11-15(25-2)12-10-13/h9-12,14H,3-8H2,1-2H3,(H3,19,20,21,22,23). The summed E-state index contributed by atoms with van der Waals surface area (Å²) in [5, 5.41) is 3.18. The molecule has 3 rings (SSSR count). The van der Waals surface area contributed by atoms with Crippen LogP contribution in [0.1, 0.15) is 38.5 Å². The summed E-state index contributed by atoms with van der Waals surface area (Å²) in [6, 6.07) is 8.04. The molecule has 1 saturated carbocycles. The Hall–Kier alpha value is -2.57. The summed E-state index contributed by atoms with van der Waals surface area (Å²) >= 11 is 0. The van der Waals surface area contributed by atoms with Gasteiger partial charge in [0.25, 0.3) is 0 Å². The molecule has 0 aliphatic heterocycles. The minimum absolute atomic E-state index is 0.224. The van der Waals surface area contributed by atoms with Gasteiger partial charge >= 0.3 is 0 Å². The van der Waals surface area contributed by atoms with E-state index in [1.165, 1.54) is 38.5 Å². The fourth-order valence-corrected chi connectivity index (χ4v) is 3.21. The smallest absolute Gasteiger partial charge is 0.233 e. The number of nitrogens with two attached hydrogens (primary N) is 1. The minimum Gasteiger partial charge on any atom is -0.497 e. The van der Waals surface area contributed by atoms with Crippen molar-refractivity contribution in [3.8, 4) is 5.75 Å². The van der Waals surface area contributed by atoms with Crippen LogP contribution < -0.4 is 20.7 Å². The lowest BCUT2D eigenvalue weighted by Crippen LogP contribution is -2.33. The summed E-state index contributed by atoms with van der Waals surface area (Å²) in [7, 11) is 3.69. The van der Waals surface area contributed by atoms with E-state index in [2.05, 4.69) is 25.2 Å². The quantitative estimate of drug-likeness (QED) is 0.805. The summed E-state index contributed by atoms with van der Waals surface area (Å²) in [5.41, 5.74) is 6.78. The average Bonchev–Trinajstić information content (AvgIpc) is 2.90. The number of hydrogen-bond donors (Lipinski definition) is 2. The maximum absolute atomic E-state index is 5.91. The van der Waals surface area contributed by atoms with Crippen molar-refractivity contribution in [3.05, 3.63) is 24.3 Å². The first kappa shape index (κ1) is 17.3. The van der Waals surface area contributed by atoms with E-state index in [-0.39, 0.29) is 5.95 Å². The Kier molecular flexibility index (Phi) is 5.53. The van der Waals surface area contributed by atoms with Crippen LogP contribution in [-0.4, -0.2) is 35.2 Å². The molecule has 0 amide bonds. The van der Waals surface area contributed by atoms with E-state index in [0.717, 1.165) is 11.4 Å². The van der Waals surface area contributed by atoms with Gasteiger partial charge in [0.2, 0.25) is 17.8 Å². The van der Waals surface area contributed by atoms with Crippen LogP contribution in [0.4, 0.5) is 23.5 Å². The van der Waals surface area contributed by atoms with E-state index in [4.69, 9.17) is 10.5 Å². The van der Waals surface area contributed by atoms with Crippen LogP contribution in [0.15, 0.2) is 24.3 Å². The first-order valence-electron chi connectivity index (χ1n) is 8.81. The normalized spacial score (nSPS) is 15.4. The lowest BCUT2D eigenvalue weighted by atomic mass is 10.1. The Morgan fingerprint density at radius 1 is 1.04 bits per heavy atom. The van der Waals surface area contributed by atoms with E-state index in [9.17, 15) is 0 Å². The van der Waals surface area contributed by atoms with Gasteiger partial charge in [-0.05, 0) is 37.1 Å². The molecule has 134 valence electrons. The van der Waals surface area contributed by atoms with Crippen molar-refractivity contribution >= 4 is 23.5 Å². The highest BCUT2D eigenvalue weighted by molar-refractivity contribution is 5.56. The molecule has 1 aromatic carbocycles. The molecule has 1 aliphatic carbocycles. The van der Waals surface area contributed by atoms with Gasteiger partial charge in [-0.2, -0.15) is 15.0 Å². The zero-order chi connectivity index (χ0) is 17.6. The number of nitrogens with zero attached hydrogens (tertiary/aromatic N) is 4. The van der Waals surface area contributed by atoms with Gasteiger partial charge in [0.15, 0.2) is 0 Å². The van der Waals surface area contributed by atoms with Crippen LogP contribution in [0.3, 0.4) is 0 Å². The third kappa shape index (κ3) is 4.49. The molecule has 0 unspecified atom stereocenters. The third-order valence-electron chi connectivity index (χ3n) is 4.67. The SMILES string of the molecule is COc1ccc(Nc2nc(N)nc(N(C)C3CCCCCC3)n2)cc1. The molecule has 1 aliphatic rings. The number of hydrogen-bond acceptors (Lipinski definition) is 7. The van der Waals surface area contributed by atoms with Gasteiger partial charge in [-0.15, -0.1) is 0 Å². The number of nitrogen functional groups attached to an aromatic ring is 1. The van der Waals surface area contributed by atoms with Crippen LogP contribution in [0, 0.1) is 0 Å². The predicted molar refractivity (Wildman–Crippen MR) is 100 cm³/mol. The molecule has 0 bridgehead atoms. The van der Waals surface area contributed by atoms with Crippen LogP contribution in [-0.2, 0) is 0 Å². The van der Waals surface area contributed by atoms with Crippen LogP contribution in [0.5, 0.6) is 5.75 Å². The zero-order valence-electron chi connectivity index (χ0n) is 14.9. The Morgan fingerprint density at radius 3 is 2.36 bits per heavy atom. The first-order chi connectivity index (χ1) is 12.2. The number of nitrogens with one attached hydrogen (secondary N) is 1. The molecule has 7 nitrogen and oxygen atoms in total. The number of benzene rings is 1. The second-order valence-corrected chi connectivity index (χ2v) is 6.43. The first-order valence-corrected chi connectivity index (χ1v) is 8.81. The highest BCUT2D eigenvalue weighted by Crippen LogP contribution is 2.25. The molecule has 7 heteroatoms. The topological polar surface area (TPSA) is 89.2 Å². The van der Waals surface area contributed by atoms with Gasteiger partial charge in [0.05, 0.1) is 7.11 Å². The van der Waals surface area contributed by atoms with E-state index >= 15 is 0 Å². The largest absolute Gasteiger partial charge is 0.497 e.